The summed E-state index contributed by atoms with van der Waals surface area (Å²) in [7, 11) is 0. The highest BCUT2D eigenvalue weighted by Crippen LogP contribution is 2.36. The zero-order chi connectivity index (χ0) is 28.9. The van der Waals surface area contributed by atoms with Gasteiger partial charge < -0.3 is 15.1 Å². The van der Waals surface area contributed by atoms with E-state index in [1.54, 1.807) is 12.1 Å². The van der Waals surface area contributed by atoms with Crippen LogP contribution in [0.5, 0.6) is 0 Å². The minimum atomic E-state index is -4.63. The minimum Gasteiger partial charge on any atom is -0.346 e. The minimum absolute atomic E-state index is 0.0615. The van der Waals surface area contributed by atoms with Crippen LogP contribution in [-0.2, 0) is 15.8 Å². The maximum Gasteiger partial charge on any atom is 0.433 e. The number of likely N-dealkylation sites (tertiary alicyclic amines) is 2. The zero-order valence-corrected chi connectivity index (χ0v) is 20.7. The van der Waals surface area contributed by atoms with Crippen molar-refractivity contribution >= 4 is 28.6 Å². The lowest BCUT2D eigenvalue weighted by molar-refractivity contribution is -0.141. The summed E-state index contributed by atoms with van der Waals surface area (Å²) < 4.78 is 67.1. The lowest BCUT2D eigenvalue weighted by Gasteiger charge is -2.39. The quantitative estimate of drug-likeness (QED) is 0.368. The summed E-state index contributed by atoms with van der Waals surface area (Å²) in [6.45, 7) is 6.26. The Hall–Kier alpha value is -4.62. The third-order valence-corrected chi connectivity index (χ3v) is 6.76. The van der Waals surface area contributed by atoms with E-state index in [0.29, 0.717) is 10.9 Å². The first-order valence-electron chi connectivity index (χ1n) is 12.0. The van der Waals surface area contributed by atoms with E-state index in [2.05, 4.69) is 28.6 Å². The smallest absolute Gasteiger partial charge is 0.346 e. The Labute approximate surface area is 223 Å². The van der Waals surface area contributed by atoms with Gasteiger partial charge in [-0.3, -0.25) is 24.0 Å². The molecule has 0 spiro atoms. The summed E-state index contributed by atoms with van der Waals surface area (Å²) >= 11 is 0. The number of nitrogens with zero attached hydrogens (tertiary/aromatic N) is 5. The molecule has 0 atom stereocenters. The molecule has 0 saturated carbocycles. The maximum absolute atomic E-state index is 13.3. The van der Waals surface area contributed by atoms with Crippen LogP contribution in [0.15, 0.2) is 61.3 Å². The second-order valence-electron chi connectivity index (χ2n) is 9.48. The summed E-state index contributed by atoms with van der Waals surface area (Å²) in [5.41, 5.74) is -0.0410. The van der Waals surface area contributed by atoms with Crippen molar-refractivity contribution < 1.29 is 36.3 Å². The normalized spacial score (nSPS) is 15.9. The average molecular weight is 560 g/mol. The largest absolute Gasteiger partial charge is 0.433 e. The van der Waals surface area contributed by atoms with Gasteiger partial charge in [-0.15, -0.1) is 0 Å². The number of aromatic nitrogens is 3. The molecule has 2 aliphatic rings. The predicted octanol–water partition coefficient (Wildman–Crippen LogP) is 3.41. The molecule has 0 radical (unpaired) electrons. The van der Waals surface area contributed by atoms with Gasteiger partial charge in [0.25, 0.3) is 17.7 Å². The van der Waals surface area contributed by atoms with Gasteiger partial charge >= 0.3 is 6.18 Å². The molecule has 0 aliphatic carbocycles. The number of benzene rings is 1. The summed E-state index contributed by atoms with van der Waals surface area (Å²) in [6.07, 6.45) is -3.60. The van der Waals surface area contributed by atoms with Gasteiger partial charge in [-0.05, 0) is 18.2 Å². The van der Waals surface area contributed by atoms with Gasteiger partial charge in [0.2, 0.25) is 0 Å². The van der Waals surface area contributed by atoms with Crippen molar-refractivity contribution in [2.45, 2.75) is 18.3 Å². The highest BCUT2D eigenvalue weighted by atomic mass is 19.4. The van der Waals surface area contributed by atoms with E-state index in [9.17, 15) is 36.3 Å². The number of rotatable bonds is 6. The molecule has 14 heteroatoms. The Kier molecular flexibility index (Phi) is 6.64. The van der Waals surface area contributed by atoms with Crippen molar-refractivity contribution in [3.8, 4) is 11.3 Å². The summed E-state index contributed by atoms with van der Waals surface area (Å²) in [5.74, 6) is -4.49. The van der Waals surface area contributed by atoms with Gasteiger partial charge in [0, 0.05) is 43.3 Å². The second-order valence-corrected chi connectivity index (χ2v) is 9.48. The molecule has 2 aromatic heterocycles. The molecule has 40 heavy (non-hydrogen) atoms. The number of hydrogen-bond donors (Lipinski definition) is 1. The number of hydrogen-bond acceptors (Lipinski definition) is 5. The molecule has 9 nitrogen and oxygen atoms in total. The van der Waals surface area contributed by atoms with Crippen molar-refractivity contribution in [2.24, 2.45) is 0 Å². The first kappa shape index (κ1) is 27.0. The number of carbonyl (C=O) groups excluding carboxylic acids is 3. The number of nitrogens with one attached hydrogen (secondary N) is 1. The molecule has 2 saturated heterocycles. The van der Waals surface area contributed by atoms with E-state index in [4.69, 9.17) is 0 Å². The Morgan fingerprint density at radius 3 is 2.10 bits per heavy atom. The topological polar surface area (TPSA) is 100 Å². The third kappa shape index (κ3) is 4.80. The van der Waals surface area contributed by atoms with Crippen molar-refractivity contribution in [1.82, 2.24) is 29.9 Å². The fourth-order valence-corrected chi connectivity index (χ4v) is 4.67. The standard InChI is InChI=1S/C26H21F5N6O3/c1-13(27)24(39)35-9-16(10-35)33-23(38)19-5-3-4-18-21(15-6-7-20(32-8-15)26(29,30)31)34-37(22(18)19)17-11-36(12-17)25(40)14(2)28/h3-8,16-17H,1-2,9-12H2,(H,33,38). The Balaban J connectivity index is 1.49. The molecule has 2 aliphatic heterocycles. The van der Waals surface area contributed by atoms with E-state index >= 15 is 0 Å². The molecule has 0 unspecified atom stereocenters. The number of carbonyl (C=O) groups is 3. The molecular formula is C26H21F5N6O3. The van der Waals surface area contributed by atoms with Crippen molar-refractivity contribution in [3.05, 3.63) is 72.6 Å². The molecule has 2 fully saturated rings. The van der Waals surface area contributed by atoms with E-state index < -0.39 is 53.3 Å². The highest BCUT2D eigenvalue weighted by molar-refractivity contribution is 6.09. The number of para-hydroxylation sites is 1. The maximum atomic E-state index is 13.3. The number of halogens is 5. The van der Waals surface area contributed by atoms with Crippen LogP contribution in [0.3, 0.4) is 0 Å². The van der Waals surface area contributed by atoms with E-state index in [-0.39, 0.29) is 43.0 Å². The number of alkyl halides is 3. The molecule has 4 heterocycles. The Bertz CT molecular complexity index is 1550. The summed E-state index contributed by atoms with van der Waals surface area (Å²) in [4.78, 5) is 42.9. The molecule has 5 rings (SSSR count). The van der Waals surface area contributed by atoms with Crippen LogP contribution in [0.2, 0.25) is 0 Å². The number of fused-ring (bicyclic) bond motifs is 1. The first-order chi connectivity index (χ1) is 18.8. The van der Waals surface area contributed by atoms with Gasteiger partial charge in [-0.2, -0.15) is 18.3 Å². The SMILES string of the molecule is C=C(F)C(=O)N1CC(NC(=O)c2cccc3c(-c4ccc(C(F)(F)F)nc4)nn(C4CN(C(=O)C(=C)F)C4)c23)C1. The van der Waals surface area contributed by atoms with Gasteiger partial charge in [0.1, 0.15) is 11.4 Å². The van der Waals surface area contributed by atoms with Crippen LogP contribution in [0.25, 0.3) is 22.2 Å². The van der Waals surface area contributed by atoms with Crippen LogP contribution in [0.4, 0.5) is 22.0 Å². The monoisotopic (exact) mass is 560 g/mol. The van der Waals surface area contributed by atoms with Crippen LogP contribution < -0.4 is 5.32 Å². The van der Waals surface area contributed by atoms with Crippen LogP contribution in [0, 0.1) is 0 Å². The van der Waals surface area contributed by atoms with Gasteiger partial charge in [-0.25, -0.2) is 8.78 Å². The molecule has 3 amide bonds. The highest BCUT2D eigenvalue weighted by Gasteiger charge is 2.37. The average Bonchev–Trinajstić information content (AvgIpc) is 3.23. The van der Waals surface area contributed by atoms with Crippen LogP contribution >= 0.6 is 0 Å². The fraction of sp³-hybridized carbons (Fsp3) is 0.269. The summed E-state index contributed by atoms with van der Waals surface area (Å²) in [5, 5.41) is 7.79. The third-order valence-electron chi connectivity index (χ3n) is 6.76. The zero-order valence-electron chi connectivity index (χ0n) is 20.7. The van der Waals surface area contributed by atoms with Crippen LogP contribution in [-0.4, -0.2) is 74.5 Å². The van der Waals surface area contributed by atoms with Gasteiger partial charge in [0.05, 0.1) is 23.2 Å². The molecule has 208 valence electrons. The predicted molar refractivity (Wildman–Crippen MR) is 132 cm³/mol. The van der Waals surface area contributed by atoms with Crippen molar-refractivity contribution in [3.63, 3.8) is 0 Å². The van der Waals surface area contributed by atoms with Crippen molar-refractivity contribution in [2.75, 3.05) is 26.2 Å². The molecule has 0 bridgehead atoms. The summed E-state index contributed by atoms with van der Waals surface area (Å²) in [6, 6.07) is 5.87. The van der Waals surface area contributed by atoms with Gasteiger partial charge in [0.15, 0.2) is 11.7 Å². The number of pyridine rings is 1. The lowest BCUT2D eigenvalue weighted by Crippen LogP contribution is -2.61. The fourth-order valence-electron chi connectivity index (χ4n) is 4.67. The van der Waals surface area contributed by atoms with E-state index in [1.807, 2.05) is 0 Å². The van der Waals surface area contributed by atoms with E-state index in [1.165, 1.54) is 26.6 Å². The second kappa shape index (κ2) is 9.84. The van der Waals surface area contributed by atoms with E-state index in [0.717, 1.165) is 12.3 Å². The molecule has 3 aromatic rings. The van der Waals surface area contributed by atoms with Gasteiger partial charge in [-0.1, -0.05) is 25.3 Å². The molecular weight excluding hydrogens is 539 g/mol. The Morgan fingerprint density at radius 2 is 1.55 bits per heavy atom. The van der Waals surface area contributed by atoms with Crippen molar-refractivity contribution in [1.29, 1.82) is 0 Å². The van der Waals surface area contributed by atoms with Crippen LogP contribution in [0.1, 0.15) is 22.1 Å². The number of amides is 3. The molecule has 1 aromatic carbocycles. The first-order valence-corrected chi connectivity index (χ1v) is 12.0. The Morgan fingerprint density at radius 1 is 0.925 bits per heavy atom. The lowest BCUT2D eigenvalue weighted by atomic mass is 10.0. The molecule has 1 N–H and O–H groups in total.